The largest absolute Gasteiger partial charge is 0.468 e. The highest BCUT2D eigenvalue weighted by molar-refractivity contribution is 9.10. The molecule has 0 aliphatic heterocycles. The predicted octanol–water partition coefficient (Wildman–Crippen LogP) is 2.51. The lowest BCUT2D eigenvalue weighted by atomic mass is 10.2. The summed E-state index contributed by atoms with van der Waals surface area (Å²) in [4.78, 5) is 10.7. The number of rotatable bonds is 5. The number of esters is 1. The number of methoxy groups -OCH3 is 1. The van der Waals surface area contributed by atoms with E-state index in [2.05, 4.69) is 26.0 Å². The van der Waals surface area contributed by atoms with Gasteiger partial charge in [-0.3, -0.25) is 4.79 Å². The van der Waals surface area contributed by atoms with Crippen molar-refractivity contribution in [3.8, 4) is 0 Å². The zero-order chi connectivity index (χ0) is 12.8. The molecule has 17 heavy (non-hydrogen) atoms. The third-order valence-corrected chi connectivity index (χ3v) is 3.16. The van der Waals surface area contributed by atoms with Gasteiger partial charge in [0.15, 0.2) is 0 Å². The molecule has 0 saturated heterocycles. The van der Waals surface area contributed by atoms with Crippen LogP contribution in [0.2, 0.25) is 5.02 Å². The summed E-state index contributed by atoms with van der Waals surface area (Å²) in [6.45, 7) is 0.860. The van der Waals surface area contributed by atoms with Crippen molar-refractivity contribution in [3.05, 3.63) is 34.6 Å². The normalized spacial score (nSPS) is 12.2. The van der Waals surface area contributed by atoms with Crippen molar-refractivity contribution in [1.82, 2.24) is 5.32 Å². The standard InChI is InChI=1S/C11H12BrClFNO2/c1-17-11(16)9(12)6-15-5-7-2-3-8(14)4-10(7)13/h2-4,9,15H,5-6H2,1H3. The molecule has 94 valence electrons. The van der Waals surface area contributed by atoms with Crippen LogP contribution in [0.4, 0.5) is 4.39 Å². The Kier molecular flexibility index (Phi) is 5.88. The molecule has 0 amide bonds. The van der Waals surface area contributed by atoms with E-state index in [1.165, 1.54) is 19.2 Å². The molecule has 0 fully saturated rings. The molecule has 1 rings (SSSR count). The van der Waals surface area contributed by atoms with Crippen LogP contribution in [-0.4, -0.2) is 24.5 Å². The Morgan fingerprint density at radius 1 is 1.65 bits per heavy atom. The lowest BCUT2D eigenvalue weighted by molar-refractivity contribution is -0.139. The van der Waals surface area contributed by atoms with Crippen molar-refractivity contribution in [2.75, 3.05) is 13.7 Å². The second-order valence-electron chi connectivity index (χ2n) is 3.36. The maximum absolute atomic E-state index is 12.8. The summed E-state index contributed by atoms with van der Waals surface area (Å²) < 4.78 is 17.3. The van der Waals surface area contributed by atoms with E-state index in [1.807, 2.05) is 0 Å². The van der Waals surface area contributed by atoms with Crippen LogP contribution in [-0.2, 0) is 16.1 Å². The van der Waals surface area contributed by atoms with E-state index in [9.17, 15) is 9.18 Å². The molecule has 0 heterocycles. The zero-order valence-electron chi connectivity index (χ0n) is 9.17. The van der Waals surface area contributed by atoms with E-state index in [1.54, 1.807) is 6.07 Å². The number of benzene rings is 1. The summed E-state index contributed by atoms with van der Waals surface area (Å²) in [6, 6.07) is 4.20. The molecule has 1 aromatic rings. The lowest BCUT2D eigenvalue weighted by Gasteiger charge is -2.10. The quantitative estimate of drug-likeness (QED) is 0.668. The molecule has 0 saturated carbocycles. The first-order valence-electron chi connectivity index (χ1n) is 4.91. The van der Waals surface area contributed by atoms with E-state index < -0.39 is 4.83 Å². The average Bonchev–Trinajstić information content (AvgIpc) is 2.30. The second-order valence-corrected chi connectivity index (χ2v) is 4.87. The van der Waals surface area contributed by atoms with Gasteiger partial charge in [-0.15, -0.1) is 0 Å². The van der Waals surface area contributed by atoms with Crippen LogP contribution < -0.4 is 5.32 Å². The number of ether oxygens (including phenoxy) is 1. The summed E-state index contributed by atoms with van der Waals surface area (Å²) in [5.74, 6) is -0.714. The molecule has 0 aliphatic rings. The van der Waals surface area contributed by atoms with Crippen molar-refractivity contribution >= 4 is 33.5 Å². The molecule has 1 aromatic carbocycles. The molecular formula is C11H12BrClFNO2. The molecule has 0 radical (unpaired) electrons. The van der Waals surface area contributed by atoms with Crippen LogP contribution in [0.3, 0.4) is 0 Å². The van der Waals surface area contributed by atoms with Gasteiger partial charge in [0.25, 0.3) is 0 Å². The highest BCUT2D eigenvalue weighted by atomic mass is 79.9. The first kappa shape index (κ1) is 14.4. The fourth-order valence-corrected chi connectivity index (χ4v) is 1.86. The van der Waals surface area contributed by atoms with Gasteiger partial charge in [0.05, 0.1) is 7.11 Å². The van der Waals surface area contributed by atoms with E-state index in [0.29, 0.717) is 18.1 Å². The minimum Gasteiger partial charge on any atom is -0.468 e. The summed E-state index contributed by atoms with van der Waals surface area (Å²) >= 11 is 9.03. The van der Waals surface area contributed by atoms with Gasteiger partial charge >= 0.3 is 5.97 Å². The number of nitrogens with one attached hydrogen (secondary N) is 1. The summed E-state index contributed by atoms with van der Waals surface area (Å²) in [5, 5.41) is 3.39. The van der Waals surface area contributed by atoms with Crippen LogP contribution in [0.5, 0.6) is 0 Å². The van der Waals surface area contributed by atoms with Crippen LogP contribution in [0.1, 0.15) is 5.56 Å². The molecular weight excluding hydrogens is 312 g/mol. The van der Waals surface area contributed by atoms with Crippen molar-refractivity contribution < 1.29 is 13.9 Å². The van der Waals surface area contributed by atoms with Gasteiger partial charge in [-0.25, -0.2) is 4.39 Å². The zero-order valence-corrected chi connectivity index (χ0v) is 11.5. The van der Waals surface area contributed by atoms with E-state index >= 15 is 0 Å². The van der Waals surface area contributed by atoms with Crippen LogP contribution in [0.25, 0.3) is 0 Å². The Morgan fingerprint density at radius 3 is 2.94 bits per heavy atom. The van der Waals surface area contributed by atoms with Gasteiger partial charge in [0.2, 0.25) is 0 Å². The monoisotopic (exact) mass is 323 g/mol. The van der Waals surface area contributed by atoms with Crippen LogP contribution in [0.15, 0.2) is 18.2 Å². The fraction of sp³-hybridized carbons (Fsp3) is 0.364. The lowest BCUT2D eigenvalue weighted by Crippen LogP contribution is -2.29. The van der Waals surface area contributed by atoms with E-state index in [0.717, 1.165) is 5.56 Å². The number of hydrogen-bond acceptors (Lipinski definition) is 3. The van der Waals surface area contributed by atoms with Crippen molar-refractivity contribution in [3.63, 3.8) is 0 Å². The third-order valence-electron chi connectivity index (χ3n) is 2.11. The molecule has 0 aliphatic carbocycles. The number of halogens is 3. The van der Waals surface area contributed by atoms with Crippen LogP contribution in [0, 0.1) is 5.82 Å². The Morgan fingerprint density at radius 2 is 2.35 bits per heavy atom. The second kappa shape index (κ2) is 6.93. The van der Waals surface area contributed by atoms with Crippen molar-refractivity contribution in [2.24, 2.45) is 0 Å². The SMILES string of the molecule is COC(=O)C(Br)CNCc1ccc(F)cc1Cl. The molecule has 1 unspecified atom stereocenters. The number of hydrogen-bond donors (Lipinski definition) is 1. The highest BCUT2D eigenvalue weighted by Gasteiger charge is 2.14. The van der Waals surface area contributed by atoms with Crippen LogP contribution >= 0.6 is 27.5 Å². The Balaban J connectivity index is 2.43. The Bertz CT molecular complexity index is 403. The first-order chi connectivity index (χ1) is 8.04. The van der Waals surface area contributed by atoms with Gasteiger partial charge in [-0.2, -0.15) is 0 Å². The predicted molar refractivity (Wildman–Crippen MR) is 67.8 cm³/mol. The topological polar surface area (TPSA) is 38.3 Å². The average molecular weight is 325 g/mol. The molecule has 0 spiro atoms. The number of carbonyl (C=O) groups excluding carboxylic acids is 1. The van der Waals surface area contributed by atoms with Gasteiger partial charge < -0.3 is 10.1 Å². The minimum absolute atomic E-state index is 0.345. The van der Waals surface area contributed by atoms with Gasteiger partial charge in [-0.05, 0) is 17.7 Å². The van der Waals surface area contributed by atoms with Gasteiger partial charge in [0.1, 0.15) is 10.6 Å². The van der Waals surface area contributed by atoms with Gasteiger partial charge in [0, 0.05) is 18.1 Å². The van der Waals surface area contributed by atoms with Crippen molar-refractivity contribution in [1.29, 1.82) is 0 Å². The molecule has 0 aromatic heterocycles. The minimum atomic E-state index is -0.410. The van der Waals surface area contributed by atoms with Crippen molar-refractivity contribution in [2.45, 2.75) is 11.4 Å². The Labute approximate surface area is 112 Å². The van der Waals surface area contributed by atoms with Gasteiger partial charge in [-0.1, -0.05) is 33.6 Å². The maximum atomic E-state index is 12.8. The number of alkyl halides is 1. The number of carbonyl (C=O) groups is 1. The van der Waals surface area contributed by atoms with E-state index in [-0.39, 0.29) is 11.8 Å². The third kappa shape index (κ3) is 4.61. The fourth-order valence-electron chi connectivity index (χ4n) is 1.21. The first-order valence-corrected chi connectivity index (χ1v) is 6.20. The summed E-state index contributed by atoms with van der Waals surface area (Å²) in [7, 11) is 1.33. The Hall–Kier alpha value is -0.650. The molecule has 1 atom stereocenters. The molecule has 3 nitrogen and oxygen atoms in total. The molecule has 1 N–H and O–H groups in total. The smallest absolute Gasteiger partial charge is 0.320 e. The summed E-state index contributed by atoms with van der Waals surface area (Å²) in [5.41, 5.74) is 0.776. The summed E-state index contributed by atoms with van der Waals surface area (Å²) in [6.07, 6.45) is 0. The highest BCUT2D eigenvalue weighted by Crippen LogP contribution is 2.16. The van der Waals surface area contributed by atoms with E-state index in [4.69, 9.17) is 11.6 Å². The maximum Gasteiger partial charge on any atom is 0.320 e. The molecule has 0 bridgehead atoms. The molecule has 6 heteroatoms.